The molecule has 0 spiro atoms. The number of carboxylic acid groups (broad SMARTS) is 1. The Morgan fingerprint density at radius 1 is 1.33 bits per heavy atom. The van der Waals surface area contributed by atoms with Gasteiger partial charge in [0.15, 0.2) is 0 Å². The molecule has 1 heterocycles. The highest BCUT2D eigenvalue weighted by Crippen LogP contribution is 2.24. The molecular weight excluding hydrogens is 266 g/mol. The molecule has 2 aliphatic rings. The fourth-order valence-electron chi connectivity index (χ4n) is 2.99. The van der Waals surface area contributed by atoms with Gasteiger partial charge in [0.05, 0.1) is 0 Å². The number of hydrogen-bond donors (Lipinski definition) is 2. The zero-order chi connectivity index (χ0) is 15.5. The van der Waals surface area contributed by atoms with Crippen molar-refractivity contribution in [2.75, 3.05) is 32.7 Å². The zero-order valence-corrected chi connectivity index (χ0v) is 13.8. The lowest BCUT2D eigenvalue weighted by Crippen LogP contribution is -2.54. The van der Waals surface area contributed by atoms with E-state index in [-0.39, 0.29) is 0 Å². The molecule has 0 amide bonds. The third-order valence-corrected chi connectivity index (χ3v) is 5.12. The maximum absolute atomic E-state index is 11.5. The predicted molar refractivity (Wildman–Crippen MR) is 84.6 cm³/mol. The van der Waals surface area contributed by atoms with E-state index in [0.717, 1.165) is 45.6 Å². The number of aliphatic carboxylic acids is 1. The van der Waals surface area contributed by atoms with Gasteiger partial charge in [-0.3, -0.25) is 15.0 Å². The van der Waals surface area contributed by atoms with E-state index >= 15 is 0 Å². The molecule has 2 N–H and O–H groups in total. The van der Waals surface area contributed by atoms with E-state index in [4.69, 9.17) is 0 Å². The Hall–Kier alpha value is -0.650. The molecule has 1 aliphatic carbocycles. The first kappa shape index (κ1) is 16.7. The van der Waals surface area contributed by atoms with Crippen molar-refractivity contribution < 1.29 is 9.90 Å². The summed E-state index contributed by atoms with van der Waals surface area (Å²) < 4.78 is 0. The lowest BCUT2D eigenvalue weighted by atomic mass is 9.97. The molecular formula is C16H31N3O2. The zero-order valence-electron chi connectivity index (χ0n) is 13.8. The van der Waals surface area contributed by atoms with Gasteiger partial charge >= 0.3 is 5.97 Å². The highest BCUT2D eigenvalue weighted by molar-refractivity contribution is 5.78. The quantitative estimate of drug-likeness (QED) is 0.709. The second-order valence-electron chi connectivity index (χ2n) is 6.94. The summed E-state index contributed by atoms with van der Waals surface area (Å²) >= 11 is 0. The van der Waals surface area contributed by atoms with Crippen molar-refractivity contribution in [3.63, 3.8) is 0 Å². The fraction of sp³-hybridized carbons (Fsp3) is 0.938. The van der Waals surface area contributed by atoms with Crippen LogP contribution in [-0.2, 0) is 4.79 Å². The average Bonchev–Trinajstić information content (AvgIpc) is 3.28. The molecule has 5 nitrogen and oxygen atoms in total. The Kier molecular flexibility index (Phi) is 5.63. The van der Waals surface area contributed by atoms with Crippen LogP contribution in [0.25, 0.3) is 0 Å². The summed E-state index contributed by atoms with van der Waals surface area (Å²) in [6.07, 6.45) is 4.12. The molecule has 1 saturated heterocycles. The minimum Gasteiger partial charge on any atom is -0.480 e. The van der Waals surface area contributed by atoms with Crippen LogP contribution in [-0.4, -0.2) is 71.2 Å². The SMILES string of the molecule is CCC(C)N1CCN(CCC(C)(NC2CC2)C(=O)O)CC1. The molecule has 122 valence electrons. The number of hydrogen-bond acceptors (Lipinski definition) is 4. The second-order valence-corrected chi connectivity index (χ2v) is 6.94. The highest BCUT2D eigenvalue weighted by atomic mass is 16.4. The smallest absolute Gasteiger partial charge is 0.323 e. The molecule has 2 fully saturated rings. The Labute approximate surface area is 128 Å². The van der Waals surface area contributed by atoms with E-state index in [9.17, 15) is 9.90 Å². The third-order valence-electron chi connectivity index (χ3n) is 5.12. The first-order valence-corrected chi connectivity index (χ1v) is 8.42. The van der Waals surface area contributed by atoms with Crippen molar-refractivity contribution in [2.24, 2.45) is 0 Å². The minimum absolute atomic E-state index is 0.424. The van der Waals surface area contributed by atoms with Crippen LogP contribution in [0.3, 0.4) is 0 Å². The van der Waals surface area contributed by atoms with E-state index in [1.165, 1.54) is 6.42 Å². The lowest BCUT2D eigenvalue weighted by molar-refractivity contribution is -0.144. The number of rotatable bonds is 8. The normalized spacial score (nSPS) is 25.5. The molecule has 21 heavy (non-hydrogen) atoms. The minimum atomic E-state index is -0.769. The van der Waals surface area contributed by atoms with Gasteiger partial charge in [-0.05, 0) is 39.5 Å². The summed E-state index contributed by atoms with van der Waals surface area (Å²) in [5, 5.41) is 12.8. The van der Waals surface area contributed by atoms with Crippen LogP contribution in [0.15, 0.2) is 0 Å². The van der Waals surface area contributed by atoms with E-state index in [2.05, 4.69) is 29.0 Å². The third kappa shape index (κ3) is 4.66. The van der Waals surface area contributed by atoms with Crippen molar-refractivity contribution in [3.05, 3.63) is 0 Å². The number of piperazine rings is 1. The maximum atomic E-state index is 11.5. The van der Waals surface area contributed by atoms with E-state index in [1.807, 2.05) is 6.92 Å². The van der Waals surface area contributed by atoms with Crippen molar-refractivity contribution >= 4 is 5.97 Å². The van der Waals surface area contributed by atoms with Crippen molar-refractivity contribution in [1.29, 1.82) is 0 Å². The summed E-state index contributed by atoms with van der Waals surface area (Å²) in [6, 6.07) is 1.08. The van der Waals surface area contributed by atoms with Gasteiger partial charge in [-0.2, -0.15) is 0 Å². The molecule has 2 atom stereocenters. The standard InChI is InChI=1S/C16H31N3O2/c1-4-13(2)19-11-9-18(10-12-19)8-7-16(3,15(20)21)17-14-5-6-14/h13-14,17H,4-12H2,1-3H3,(H,20,21). The largest absolute Gasteiger partial charge is 0.480 e. The van der Waals surface area contributed by atoms with Gasteiger partial charge in [-0.25, -0.2) is 0 Å². The van der Waals surface area contributed by atoms with Crippen LogP contribution in [0.5, 0.6) is 0 Å². The van der Waals surface area contributed by atoms with Gasteiger partial charge in [-0.1, -0.05) is 6.92 Å². The molecule has 2 rings (SSSR count). The maximum Gasteiger partial charge on any atom is 0.323 e. The van der Waals surface area contributed by atoms with Crippen LogP contribution in [0.1, 0.15) is 46.5 Å². The molecule has 1 saturated carbocycles. The number of nitrogens with one attached hydrogen (secondary N) is 1. The average molecular weight is 297 g/mol. The highest BCUT2D eigenvalue weighted by Gasteiger charge is 2.38. The van der Waals surface area contributed by atoms with Gasteiger partial charge in [0.25, 0.3) is 0 Å². The van der Waals surface area contributed by atoms with Gasteiger partial charge in [0.2, 0.25) is 0 Å². The number of nitrogens with zero attached hydrogens (tertiary/aromatic N) is 2. The van der Waals surface area contributed by atoms with E-state index in [1.54, 1.807) is 0 Å². The Bertz CT molecular complexity index is 351. The van der Waals surface area contributed by atoms with E-state index < -0.39 is 11.5 Å². The summed E-state index contributed by atoms with van der Waals surface area (Å²) in [5.74, 6) is -0.715. The number of carbonyl (C=O) groups is 1. The summed E-state index contributed by atoms with van der Waals surface area (Å²) in [7, 11) is 0. The summed E-state index contributed by atoms with van der Waals surface area (Å²) in [6.45, 7) is 11.6. The van der Waals surface area contributed by atoms with Crippen LogP contribution >= 0.6 is 0 Å². The molecule has 0 radical (unpaired) electrons. The van der Waals surface area contributed by atoms with Gasteiger partial charge in [0.1, 0.15) is 5.54 Å². The van der Waals surface area contributed by atoms with Crippen LogP contribution in [0.2, 0.25) is 0 Å². The van der Waals surface area contributed by atoms with Gasteiger partial charge in [-0.15, -0.1) is 0 Å². The van der Waals surface area contributed by atoms with Gasteiger partial charge in [0, 0.05) is 44.8 Å². The van der Waals surface area contributed by atoms with Crippen molar-refractivity contribution in [1.82, 2.24) is 15.1 Å². The topological polar surface area (TPSA) is 55.8 Å². The first-order chi connectivity index (χ1) is 9.94. The predicted octanol–water partition coefficient (Wildman–Crippen LogP) is 1.39. The molecule has 0 aromatic carbocycles. The molecule has 0 aromatic heterocycles. The summed E-state index contributed by atoms with van der Waals surface area (Å²) in [5.41, 5.74) is -0.769. The van der Waals surface area contributed by atoms with Crippen molar-refractivity contribution in [3.8, 4) is 0 Å². The number of carboxylic acids is 1. The monoisotopic (exact) mass is 297 g/mol. The Morgan fingerprint density at radius 3 is 2.43 bits per heavy atom. The fourth-order valence-corrected chi connectivity index (χ4v) is 2.99. The first-order valence-electron chi connectivity index (χ1n) is 8.42. The van der Waals surface area contributed by atoms with Gasteiger partial charge < -0.3 is 10.0 Å². The Balaban J connectivity index is 1.76. The van der Waals surface area contributed by atoms with Crippen molar-refractivity contribution in [2.45, 2.75) is 64.1 Å². The van der Waals surface area contributed by atoms with Crippen LogP contribution < -0.4 is 5.32 Å². The van der Waals surface area contributed by atoms with Crippen LogP contribution in [0.4, 0.5) is 0 Å². The molecule has 2 unspecified atom stereocenters. The van der Waals surface area contributed by atoms with Crippen LogP contribution in [0, 0.1) is 0 Å². The molecule has 0 aromatic rings. The molecule has 5 heteroatoms. The molecule has 0 bridgehead atoms. The lowest BCUT2D eigenvalue weighted by Gasteiger charge is -2.39. The second kappa shape index (κ2) is 7.07. The molecule has 1 aliphatic heterocycles. The summed E-state index contributed by atoms with van der Waals surface area (Å²) in [4.78, 5) is 16.5. The Morgan fingerprint density at radius 2 is 1.95 bits per heavy atom. The van der Waals surface area contributed by atoms with E-state index in [0.29, 0.717) is 18.5 Å².